The lowest BCUT2D eigenvalue weighted by Gasteiger charge is -2.32. The van der Waals surface area contributed by atoms with E-state index >= 15 is 0 Å². The van der Waals surface area contributed by atoms with E-state index < -0.39 is 6.09 Å². The third kappa shape index (κ3) is 5.58. The summed E-state index contributed by atoms with van der Waals surface area (Å²) in [6.07, 6.45) is 4.48. The van der Waals surface area contributed by atoms with Crippen molar-refractivity contribution in [3.05, 3.63) is 29.5 Å². The Balaban J connectivity index is 0.00000324. The van der Waals surface area contributed by atoms with Crippen molar-refractivity contribution in [2.75, 3.05) is 25.5 Å². The molecule has 0 saturated carbocycles. The standard InChI is InChI=1S/C22H29N7O3S.ClH/c1-13(2)14(3)24-18-11-17(20(30)28-7-5-15(6-8-28)25-22(31)32-4)26-19(27-18)16-12-23-29-9-10-33-21(16)29;/h9-15H,5-8H2,1-4H3,(H,25,31)(H,24,26,27);1H/t14-;/m1./s1. The van der Waals surface area contributed by atoms with Crippen LogP contribution in [0, 0.1) is 5.92 Å². The van der Waals surface area contributed by atoms with Gasteiger partial charge in [0.25, 0.3) is 5.91 Å². The molecule has 3 aromatic rings. The molecule has 0 bridgehead atoms. The lowest BCUT2D eigenvalue weighted by molar-refractivity contribution is 0.0698. The summed E-state index contributed by atoms with van der Waals surface area (Å²) in [5.41, 5.74) is 1.13. The Morgan fingerprint density at radius 1 is 1.21 bits per heavy atom. The zero-order valence-electron chi connectivity index (χ0n) is 19.6. The Labute approximate surface area is 208 Å². The van der Waals surface area contributed by atoms with Gasteiger partial charge in [-0.3, -0.25) is 4.79 Å². The number of likely N-dealkylation sites (tertiary alicyclic amines) is 1. The number of piperidine rings is 1. The van der Waals surface area contributed by atoms with E-state index in [4.69, 9.17) is 4.98 Å². The van der Waals surface area contributed by atoms with Crippen molar-refractivity contribution in [3.63, 3.8) is 0 Å². The molecule has 0 unspecified atom stereocenters. The van der Waals surface area contributed by atoms with Crippen LogP contribution < -0.4 is 10.6 Å². The van der Waals surface area contributed by atoms with Crippen molar-refractivity contribution >= 4 is 46.4 Å². The maximum atomic E-state index is 13.4. The Hall–Kier alpha value is -2.92. The molecule has 34 heavy (non-hydrogen) atoms. The van der Waals surface area contributed by atoms with Gasteiger partial charge in [-0.1, -0.05) is 13.8 Å². The highest BCUT2D eigenvalue weighted by atomic mass is 35.5. The van der Waals surface area contributed by atoms with E-state index in [1.165, 1.54) is 7.11 Å². The third-order valence-corrected chi connectivity index (χ3v) is 6.87. The molecule has 1 fully saturated rings. The number of alkyl carbamates (subject to hydrolysis) is 1. The molecule has 0 aromatic carbocycles. The first-order chi connectivity index (χ1) is 15.9. The van der Waals surface area contributed by atoms with Crippen LogP contribution in [-0.4, -0.2) is 68.8 Å². The van der Waals surface area contributed by atoms with Crippen LogP contribution in [0.15, 0.2) is 23.8 Å². The highest BCUT2D eigenvalue weighted by Gasteiger charge is 2.27. The molecule has 3 aromatic heterocycles. The fraction of sp³-hybridized carbons (Fsp3) is 0.500. The highest BCUT2D eigenvalue weighted by molar-refractivity contribution is 7.16. The number of carbonyl (C=O) groups is 2. The number of ether oxygens (including phenoxy) is 1. The maximum Gasteiger partial charge on any atom is 0.407 e. The summed E-state index contributed by atoms with van der Waals surface area (Å²) < 4.78 is 6.45. The number of aromatic nitrogens is 4. The van der Waals surface area contributed by atoms with Gasteiger partial charge in [-0.25, -0.2) is 19.3 Å². The van der Waals surface area contributed by atoms with E-state index in [1.807, 2.05) is 11.6 Å². The van der Waals surface area contributed by atoms with Gasteiger partial charge in [-0.2, -0.15) is 5.10 Å². The molecule has 12 heteroatoms. The highest BCUT2D eigenvalue weighted by Crippen LogP contribution is 2.27. The molecule has 0 radical (unpaired) electrons. The number of fused-ring (bicyclic) bond motifs is 1. The zero-order chi connectivity index (χ0) is 23.5. The minimum Gasteiger partial charge on any atom is -0.453 e. The molecular formula is C22H30ClN7O3S. The van der Waals surface area contributed by atoms with Crippen LogP contribution in [0.4, 0.5) is 10.6 Å². The number of amides is 2. The molecule has 1 aliphatic rings. The summed E-state index contributed by atoms with van der Waals surface area (Å²) in [5.74, 6) is 1.33. The molecule has 1 saturated heterocycles. The molecule has 1 aliphatic heterocycles. The van der Waals surface area contributed by atoms with Gasteiger partial charge in [0.05, 0.1) is 18.9 Å². The van der Waals surface area contributed by atoms with Crippen LogP contribution in [-0.2, 0) is 4.74 Å². The SMILES string of the molecule is COC(=O)NC1CCN(C(=O)c2cc(N[C@H](C)C(C)C)nc(-c3cnn4ccsc34)n2)CC1.Cl. The number of nitrogens with one attached hydrogen (secondary N) is 2. The van der Waals surface area contributed by atoms with Crippen molar-refractivity contribution in [2.24, 2.45) is 5.92 Å². The summed E-state index contributed by atoms with van der Waals surface area (Å²) in [5, 5.41) is 12.5. The van der Waals surface area contributed by atoms with Gasteiger partial charge < -0.3 is 20.3 Å². The van der Waals surface area contributed by atoms with Crippen molar-refractivity contribution in [1.82, 2.24) is 29.8 Å². The van der Waals surface area contributed by atoms with E-state index in [2.05, 4.69) is 46.2 Å². The maximum absolute atomic E-state index is 13.4. The van der Waals surface area contributed by atoms with E-state index in [1.54, 1.807) is 33.0 Å². The van der Waals surface area contributed by atoms with Crippen LogP contribution >= 0.6 is 23.7 Å². The van der Waals surface area contributed by atoms with Crippen LogP contribution in [0.1, 0.15) is 44.1 Å². The molecule has 10 nitrogen and oxygen atoms in total. The third-order valence-electron chi connectivity index (χ3n) is 5.98. The fourth-order valence-corrected chi connectivity index (χ4v) is 4.44. The predicted molar refractivity (Wildman–Crippen MR) is 134 cm³/mol. The Bertz CT molecular complexity index is 1140. The first-order valence-corrected chi connectivity index (χ1v) is 11.9. The number of hydrogen-bond donors (Lipinski definition) is 2. The van der Waals surface area contributed by atoms with E-state index in [-0.39, 0.29) is 30.4 Å². The van der Waals surface area contributed by atoms with Gasteiger partial charge in [-0.15, -0.1) is 23.7 Å². The van der Waals surface area contributed by atoms with E-state index in [9.17, 15) is 9.59 Å². The molecule has 0 spiro atoms. The molecule has 184 valence electrons. The van der Waals surface area contributed by atoms with Crippen LogP contribution in [0.5, 0.6) is 0 Å². The summed E-state index contributed by atoms with van der Waals surface area (Å²) in [6.45, 7) is 7.41. The average Bonchev–Trinajstić information content (AvgIpc) is 3.43. The molecule has 1 atom stereocenters. The Kier molecular flexibility index (Phi) is 8.32. The first-order valence-electron chi connectivity index (χ1n) is 11.1. The monoisotopic (exact) mass is 507 g/mol. The Morgan fingerprint density at radius 2 is 1.94 bits per heavy atom. The number of thiazole rings is 1. The van der Waals surface area contributed by atoms with Gasteiger partial charge in [0, 0.05) is 42.8 Å². The van der Waals surface area contributed by atoms with Crippen molar-refractivity contribution in [2.45, 2.75) is 45.7 Å². The summed E-state index contributed by atoms with van der Waals surface area (Å²) in [6, 6.07) is 1.88. The number of nitrogens with zero attached hydrogens (tertiary/aromatic N) is 5. The molecule has 0 aliphatic carbocycles. The zero-order valence-corrected chi connectivity index (χ0v) is 21.3. The van der Waals surface area contributed by atoms with Crippen molar-refractivity contribution in [3.8, 4) is 11.4 Å². The minimum atomic E-state index is -0.448. The second-order valence-electron chi connectivity index (χ2n) is 8.55. The first kappa shape index (κ1) is 25.7. The van der Waals surface area contributed by atoms with Crippen molar-refractivity contribution in [1.29, 1.82) is 0 Å². The van der Waals surface area contributed by atoms with E-state index in [0.29, 0.717) is 49.2 Å². The number of halogens is 1. The minimum absolute atomic E-state index is 0. The second kappa shape index (κ2) is 11.0. The number of carbonyl (C=O) groups excluding carboxylic acids is 2. The molecule has 4 rings (SSSR count). The van der Waals surface area contributed by atoms with Crippen LogP contribution in [0.3, 0.4) is 0 Å². The second-order valence-corrected chi connectivity index (χ2v) is 9.45. The summed E-state index contributed by atoms with van der Waals surface area (Å²) in [4.78, 5) is 36.9. The lowest BCUT2D eigenvalue weighted by atomic mass is 10.0. The van der Waals surface area contributed by atoms with Gasteiger partial charge >= 0.3 is 6.09 Å². The molecule has 2 N–H and O–H groups in total. The number of rotatable bonds is 6. The van der Waals surface area contributed by atoms with Gasteiger partial charge in [0.1, 0.15) is 16.3 Å². The smallest absolute Gasteiger partial charge is 0.407 e. The van der Waals surface area contributed by atoms with E-state index in [0.717, 1.165) is 10.4 Å². The lowest BCUT2D eigenvalue weighted by Crippen LogP contribution is -2.46. The average molecular weight is 508 g/mol. The Morgan fingerprint density at radius 3 is 2.62 bits per heavy atom. The summed E-state index contributed by atoms with van der Waals surface area (Å²) >= 11 is 1.55. The normalized spacial score (nSPS) is 15.1. The quantitative estimate of drug-likeness (QED) is 0.523. The largest absolute Gasteiger partial charge is 0.453 e. The number of hydrogen-bond acceptors (Lipinski definition) is 8. The van der Waals surface area contributed by atoms with Crippen LogP contribution in [0.25, 0.3) is 16.2 Å². The van der Waals surface area contributed by atoms with Crippen molar-refractivity contribution < 1.29 is 14.3 Å². The van der Waals surface area contributed by atoms with Gasteiger partial charge in [0.15, 0.2) is 5.82 Å². The fourth-order valence-electron chi connectivity index (χ4n) is 3.65. The topological polar surface area (TPSA) is 114 Å². The molecular weight excluding hydrogens is 478 g/mol. The number of anilines is 1. The van der Waals surface area contributed by atoms with Gasteiger partial charge in [-0.05, 0) is 25.7 Å². The number of methoxy groups -OCH3 is 1. The van der Waals surface area contributed by atoms with Gasteiger partial charge in [0.2, 0.25) is 0 Å². The molecule has 2 amide bonds. The molecule has 4 heterocycles. The van der Waals surface area contributed by atoms with Crippen LogP contribution in [0.2, 0.25) is 0 Å². The summed E-state index contributed by atoms with van der Waals surface area (Å²) in [7, 11) is 1.34. The predicted octanol–water partition coefficient (Wildman–Crippen LogP) is 3.69.